The number of aromatic nitrogens is 1. The number of benzene rings is 2. The molecule has 0 atom stereocenters. The summed E-state index contributed by atoms with van der Waals surface area (Å²) >= 11 is 1.46. The second-order valence-corrected chi connectivity index (χ2v) is 8.96. The summed E-state index contributed by atoms with van der Waals surface area (Å²) in [7, 11) is -3.72. The van der Waals surface area contributed by atoms with Crippen molar-refractivity contribution in [2.24, 2.45) is 0 Å². The topological polar surface area (TPSA) is 98.5 Å². The van der Waals surface area contributed by atoms with Crippen LogP contribution in [0.1, 0.15) is 21.1 Å². The van der Waals surface area contributed by atoms with Crippen molar-refractivity contribution in [2.75, 3.05) is 0 Å². The van der Waals surface area contributed by atoms with Crippen LogP contribution >= 0.6 is 11.3 Å². The third-order valence-electron chi connectivity index (χ3n) is 4.08. The molecule has 4 rings (SSSR count). The number of para-hydroxylation sites is 1. The van der Waals surface area contributed by atoms with Gasteiger partial charge in [-0.25, -0.2) is 22.9 Å². The Hall–Kier alpha value is -3.01. The Balaban J connectivity index is 1.38. The van der Waals surface area contributed by atoms with Crippen molar-refractivity contribution < 1.29 is 22.4 Å². The van der Waals surface area contributed by atoms with Gasteiger partial charge in [-0.15, -0.1) is 11.3 Å². The summed E-state index contributed by atoms with van der Waals surface area (Å²) in [6.45, 7) is 0.101. The fraction of sp³-hybridized carbons (Fsp3) is 0.100. The van der Waals surface area contributed by atoms with E-state index in [9.17, 15) is 13.2 Å². The van der Waals surface area contributed by atoms with E-state index in [4.69, 9.17) is 9.15 Å². The highest BCUT2D eigenvalue weighted by Crippen LogP contribution is 2.22. The predicted molar refractivity (Wildman–Crippen MR) is 108 cm³/mol. The maximum Gasteiger partial charge on any atom is 0.338 e. The van der Waals surface area contributed by atoms with Crippen LogP contribution in [-0.4, -0.2) is 19.4 Å². The summed E-state index contributed by atoms with van der Waals surface area (Å²) in [5, 5.41) is 0.695. The van der Waals surface area contributed by atoms with Crippen LogP contribution < -0.4 is 4.72 Å². The average molecular weight is 428 g/mol. The molecule has 0 spiro atoms. The van der Waals surface area contributed by atoms with E-state index < -0.39 is 16.0 Å². The van der Waals surface area contributed by atoms with E-state index in [1.54, 1.807) is 12.1 Å². The van der Waals surface area contributed by atoms with Crippen molar-refractivity contribution in [3.05, 3.63) is 83.3 Å². The fourth-order valence-corrected chi connectivity index (χ4v) is 4.50. The molecular formula is C20H16N2O5S2. The number of rotatable bonds is 7. The Labute approximate surface area is 171 Å². The molecule has 0 aliphatic carbocycles. The van der Waals surface area contributed by atoms with E-state index in [1.807, 2.05) is 24.3 Å². The Morgan fingerprint density at radius 1 is 1.07 bits per heavy atom. The van der Waals surface area contributed by atoms with Crippen molar-refractivity contribution in [2.45, 2.75) is 18.0 Å². The van der Waals surface area contributed by atoms with Crippen molar-refractivity contribution in [3.63, 3.8) is 0 Å². The van der Waals surface area contributed by atoms with Crippen LogP contribution in [0.2, 0.25) is 0 Å². The van der Waals surface area contributed by atoms with E-state index in [0.717, 1.165) is 10.2 Å². The first-order valence-corrected chi connectivity index (χ1v) is 10.9. The van der Waals surface area contributed by atoms with Crippen LogP contribution in [0.3, 0.4) is 0 Å². The number of carbonyl (C=O) groups is 1. The minimum Gasteiger partial charge on any atom is -0.468 e. The molecule has 2 heterocycles. The van der Waals surface area contributed by atoms with Gasteiger partial charge in [-0.2, -0.15) is 0 Å². The maximum atomic E-state index is 12.3. The van der Waals surface area contributed by atoms with Crippen LogP contribution in [0.5, 0.6) is 0 Å². The quantitative estimate of drug-likeness (QED) is 0.451. The molecule has 0 saturated heterocycles. The monoisotopic (exact) mass is 428 g/mol. The van der Waals surface area contributed by atoms with E-state index in [0.29, 0.717) is 10.8 Å². The molecule has 0 radical (unpaired) electrons. The van der Waals surface area contributed by atoms with Crippen LogP contribution in [-0.2, 0) is 27.9 Å². The first-order valence-electron chi connectivity index (χ1n) is 8.65. The number of carbonyl (C=O) groups excluding carboxylic acids is 1. The minimum atomic E-state index is -3.72. The summed E-state index contributed by atoms with van der Waals surface area (Å²) in [5.41, 5.74) is 1.12. The molecule has 0 aliphatic rings. The van der Waals surface area contributed by atoms with E-state index in [1.165, 1.54) is 41.9 Å². The number of ether oxygens (including phenoxy) is 1. The number of furan rings is 1. The predicted octanol–water partition coefficient (Wildman–Crippen LogP) is 3.72. The van der Waals surface area contributed by atoms with E-state index in [2.05, 4.69) is 9.71 Å². The first-order chi connectivity index (χ1) is 14.0. The molecular weight excluding hydrogens is 412 g/mol. The van der Waals surface area contributed by atoms with Gasteiger partial charge in [-0.1, -0.05) is 12.1 Å². The van der Waals surface area contributed by atoms with Crippen LogP contribution in [0.15, 0.2) is 76.2 Å². The minimum absolute atomic E-state index is 0.0430. The Kier molecular flexibility index (Phi) is 5.43. The standard InChI is InChI=1S/C20H16N2O5S2/c23-20(27-13-19-22-17-5-1-2-6-18(17)28-19)14-7-9-16(10-8-14)29(24,25)21-12-15-4-3-11-26-15/h1-11,21H,12-13H2. The lowest BCUT2D eigenvalue weighted by Crippen LogP contribution is -2.23. The van der Waals surface area contributed by atoms with Gasteiger partial charge in [0.15, 0.2) is 0 Å². The van der Waals surface area contributed by atoms with Crippen molar-refractivity contribution >= 4 is 37.5 Å². The molecule has 2 aromatic heterocycles. The molecule has 148 valence electrons. The zero-order valence-corrected chi connectivity index (χ0v) is 16.7. The Morgan fingerprint density at radius 2 is 1.86 bits per heavy atom. The smallest absolute Gasteiger partial charge is 0.338 e. The molecule has 4 aromatic rings. The molecule has 0 unspecified atom stereocenters. The fourth-order valence-electron chi connectivity index (χ4n) is 2.63. The second-order valence-electron chi connectivity index (χ2n) is 6.08. The van der Waals surface area contributed by atoms with Gasteiger partial charge in [-0.3, -0.25) is 0 Å². The molecule has 1 N–H and O–H groups in total. The van der Waals surface area contributed by atoms with Crippen LogP contribution in [0.25, 0.3) is 10.2 Å². The molecule has 0 amide bonds. The van der Waals surface area contributed by atoms with Crippen LogP contribution in [0, 0.1) is 0 Å². The zero-order valence-electron chi connectivity index (χ0n) is 15.1. The van der Waals surface area contributed by atoms with Crippen LogP contribution in [0.4, 0.5) is 0 Å². The lowest BCUT2D eigenvalue weighted by molar-refractivity contribution is 0.0472. The number of hydrogen-bond acceptors (Lipinski definition) is 7. The number of thiazole rings is 1. The van der Waals surface area contributed by atoms with E-state index >= 15 is 0 Å². The van der Waals surface area contributed by atoms with Gasteiger partial charge in [0.2, 0.25) is 10.0 Å². The van der Waals surface area contributed by atoms with Gasteiger partial charge in [0.25, 0.3) is 0 Å². The highest BCUT2D eigenvalue weighted by Gasteiger charge is 2.16. The van der Waals surface area contributed by atoms with Gasteiger partial charge in [0, 0.05) is 0 Å². The third-order valence-corrected chi connectivity index (χ3v) is 6.51. The number of nitrogens with one attached hydrogen (secondary N) is 1. The third kappa shape index (κ3) is 4.53. The summed E-state index contributed by atoms with van der Waals surface area (Å²) < 4.78 is 38.5. The lowest BCUT2D eigenvalue weighted by Gasteiger charge is -2.07. The summed E-state index contributed by atoms with van der Waals surface area (Å²) in [5.74, 6) is -0.0413. The number of fused-ring (bicyclic) bond motifs is 1. The van der Waals surface area contributed by atoms with Gasteiger partial charge in [0.05, 0.1) is 33.5 Å². The number of hydrogen-bond donors (Lipinski definition) is 1. The molecule has 0 bridgehead atoms. The van der Waals surface area contributed by atoms with Gasteiger partial charge in [0.1, 0.15) is 17.4 Å². The summed E-state index contributed by atoms with van der Waals surface area (Å²) in [4.78, 5) is 16.7. The molecule has 0 fully saturated rings. The average Bonchev–Trinajstić information content (AvgIpc) is 3.40. The summed E-state index contributed by atoms with van der Waals surface area (Å²) in [6, 6.07) is 16.6. The molecule has 0 saturated carbocycles. The van der Waals surface area contributed by atoms with Crippen molar-refractivity contribution in [1.29, 1.82) is 0 Å². The Morgan fingerprint density at radius 3 is 2.59 bits per heavy atom. The molecule has 9 heteroatoms. The van der Waals surface area contributed by atoms with Gasteiger partial charge < -0.3 is 9.15 Å². The molecule has 29 heavy (non-hydrogen) atoms. The first kappa shape index (κ1) is 19.3. The largest absolute Gasteiger partial charge is 0.468 e. The molecule has 0 aliphatic heterocycles. The number of sulfonamides is 1. The Bertz CT molecular complexity index is 1200. The van der Waals surface area contributed by atoms with Gasteiger partial charge in [-0.05, 0) is 48.5 Å². The number of esters is 1. The van der Waals surface area contributed by atoms with E-state index in [-0.39, 0.29) is 23.6 Å². The van der Waals surface area contributed by atoms with Crippen molar-refractivity contribution in [1.82, 2.24) is 9.71 Å². The number of nitrogens with zero attached hydrogens (tertiary/aromatic N) is 1. The zero-order chi connectivity index (χ0) is 20.3. The SMILES string of the molecule is O=C(OCc1nc2ccccc2s1)c1ccc(S(=O)(=O)NCc2ccco2)cc1. The maximum absolute atomic E-state index is 12.3. The van der Waals surface area contributed by atoms with Gasteiger partial charge >= 0.3 is 5.97 Å². The second kappa shape index (κ2) is 8.16. The molecule has 2 aromatic carbocycles. The lowest BCUT2D eigenvalue weighted by atomic mass is 10.2. The highest BCUT2D eigenvalue weighted by molar-refractivity contribution is 7.89. The van der Waals surface area contributed by atoms with Crippen molar-refractivity contribution in [3.8, 4) is 0 Å². The normalized spacial score (nSPS) is 11.6. The highest BCUT2D eigenvalue weighted by atomic mass is 32.2. The summed E-state index contributed by atoms with van der Waals surface area (Å²) in [6.07, 6.45) is 1.47. The molecule has 7 nitrogen and oxygen atoms in total.